The van der Waals surface area contributed by atoms with E-state index in [0.29, 0.717) is 5.82 Å². The van der Waals surface area contributed by atoms with E-state index in [0.717, 1.165) is 24.5 Å². The summed E-state index contributed by atoms with van der Waals surface area (Å²) < 4.78 is 7.07. The topological polar surface area (TPSA) is 53.1 Å². The van der Waals surface area contributed by atoms with Crippen LogP contribution >= 0.6 is 11.8 Å². The van der Waals surface area contributed by atoms with Crippen molar-refractivity contribution in [3.63, 3.8) is 0 Å². The van der Waals surface area contributed by atoms with Gasteiger partial charge in [0.2, 0.25) is 0 Å². The Labute approximate surface area is 111 Å². The molecule has 1 aromatic carbocycles. The van der Waals surface area contributed by atoms with Crippen molar-refractivity contribution in [2.24, 2.45) is 0 Å². The molecule has 1 aromatic heterocycles. The molecule has 0 unspecified atom stereocenters. The zero-order valence-electron chi connectivity index (χ0n) is 10.4. The molecular weight excluding hydrogens is 246 g/mol. The van der Waals surface area contributed by atoms with Crippen molar-refractivity contribution in [3.05, 3.63) is 36.5 Å². The largest absolute Gasteiger partial charge is 0.497 e. The number of anilines is 1. The maximum Gasteiger partial charge on any atom is 0.145 e. The molecule has 0 aliphatic rings. The molecule has 96 valence electrons. The molecule has 0 radical (unpaired) electrons. The normalized spacial score (nSPS) is 10.5. The average molecular weight is 263 g/mol. The number of thioether (sulfide) groups is 1. The Morgan fingerprint density at radius 1 is 1.39 bits per heavy atom. The first-order valence-electron chi connectivity index (χ1n) is 5.84. The third kappa shape index (κ3) is 3.70. The summed E-state index contributed by atoms with van der Waals surface area (Å²) in [5.41, 5.74) is 5.55. The number of hydrogen-bond acceptors (Lipinski definition) is 4. The molecule has 0 fully saturated rings. The van der Waals surface area contributed by atoms with E-state index in [-0.39, 0.29) is 0 Å². The van der Waals surface area contributed by atoms with Gasteiger partial charge in [-0.15, -0.1) is 11.8 Å². The summed E-state index contributed by atoms with van der Waals surface area (Å²) in [5, 5.41) is 4.15. The summed E-state index contributed by atoms with van der Waals surface area (Å²) in [6, 6.07) is 9.93. The minimum absolute atomic E-state index is 0.579. The molecule has 2 rings (SSSR count). The van der Waals surface area contributed by atoms with Crippen molar-refractivity contribution in [3.8, 4) is 5.75 Å². The van der Waals surface area contributed by atoms with E-state index in [1.165, 1.54) is 4.90 Å². The van der Waals surface area contributed by atoms with Gasteiger partial charge in [-0.2, -0.15) is 5.10 Å². The average Bonchev–Trinajstić information content (AvgIpc) is 2.81. The highest BCUT2D eigenvalue weighted by Gasteiger charge is 1.98. The van der Waals surface area contributed by atoms with Gasteiger partial charge in [0.25, 0.3) is 0 Å². The van der Waals surface area contributed by atoms with E-state index in [1.54, 1.807) is 7.11 Å². The second kappa shape index (κ2) is 6.35. The molecule has 0 amide bonds. The third-order valence-electron chi connectivity index (χ3n) is 2.50. The highest BCUT2D eigenvalue weighted by Crippen LogP contribution is 2.23. The van der Waals surface area contributed by atoms with Crippen LogP contribution in [0.3, 0.4) is 0 Å². The van der Waals surface area contributed by atoms with Gasteiger partial charge in [0, 0.05) is 17.6 Å². The van der Waals surface area contributed by atoms with Crippen LogP contribution in [0.25, 0.3) is 0 Å². The van der Waals surface area contributed by atoms with Crippen LogP contribution in [0.1, 0.15) is 6.42 Å². The van der Waals surface area contributed by atoms with Gasteiger partial charge in [-0.25, -0.2) is 0 Å². The molecule has 2 N–H and O–H groups in total. The summed E-state index contributed by atoms with van der Waals surface area (Å²) in [7, 11) is 1.69. The Balaban J connectivity index is 1.74. The molecule has 0 spiro atoms. The number of ether oxygens (including phenoxy) is 1. The van der Waals surface area contributed by atoms with Crippen LogP contribution in [0.2, 0.25) is 0 Å². The fraction of sp³-hybridized carbons (Fsp3) is 0.308. The molecule has 5 heteroatoms. The summed E-state index contributed by atoms with van der Waals surface area (Å²) >= 11 is 1.82. The number of nitrogens with zero attached hydrogens (tertiary/aromatic N) is 2. The SMILES string of the molecule is COc1cccc(SCCCn2ccc(N)n2)c1. The maximum absolute atomic E-state index is 5.55. The van der Waals surface area contributed by atoms with E-state index in [9.17, 15) is 0 Å². The number of nitrogens with two attached hydrogens (primary N) is 1. The molecule has 0 aliphatic carbocycles. The zero-order valence-corrected chi connectivity index (χ0v) is 11.2. The molecule has 18 heavy (non-hydrogen) atoms. The summed E-state index contributed by atoms with van der Waals surface area (Å²) in [5.74, 6) is 2.53. The Morgan fingerprint density at radius 2 is 2.28 bits per heavy atom. The van der Waals surface area contributed by atoms with Gasteiger partial charge in [0.15, 0.2) is 0 Å². The first-order valence-corrected chi connectivity index (χ1v) is 6.82. The fourth-order valence-electron chi connectivity index (χ4n) is 1.61. The van der Waals surface area contributed by atoms with Gasteiger partial charge in [0.1, 0.15) is 11.6 Å². The van der Waals surface area contributed by atoms with Gasteiger partial charge in [-0.05, 0) is 36.4 Å². The van der Waals surface area contributed by atoms with Crippen LogP contribution in [0, 0.1) is 0 Å². The van der Waals surface area contributed by atoms with Crippen molar-refractivity contribution in [2.45, 2.75) is 17.9 Å². The molecule has 0 saturated carbocycles. The van der Waals surface area contributed by atoms with E-state index in [4.69, 9.17) is 10.5 Å². The Kier molecular flexibility index (Phi) is 4.52. The van der Waals surface area contributed by atoms with Crippen LogP contribution in [0.15, 0.2) is 41.4 Å². The molecule has 1 heterocycles. The van der Waals surface area contributed by atoms with Gasteiger partial charge in [-0.3, -0.25) is 4.68 Å². The lowest BCUT2D eigenvalue weighted by molar-refractivity contribution is 0.413. The van der Waals surface area contributed by atoms with Crippen molar-refractivity contribution in [1.82, 2.24) is 9.78 Å². The first kappa shape index (κ1) is 12.8. The van der Waals surface area contributed by atoms with Crippen LogP contribution < -0.4 is 10.5 Å². The summed E-state index contributed by atoms with van der Waals surface area (Å²) in [6.07, 6.45) is 2.97. The zero-order chi connectivity index (χ0) is 12.8. The fourth-order valence-corrected chi connectivity index (χ4v) is 2.49. The highest BCUT2D eigenvalue weighted by molar-refractivity contribution is 7.99. The van der Waals surface area contributed by atoms with Crippen LogP contribution in [0.4, 0.5) is 5.82 Å². The lowest BCUT2D eigenvalue weighted by atomic mass is 10.3. The Bertz CT molecular complexity index is 498. The summed E-state index contributed by atoms with van der Waals surface area (Å²) in [4.78, 5) is 1.23. The second-order valence-electron chi connectivity index (χ2n) is 3.88. The molecule has 0 saturated heterocycles. The van der Waals surface area contributed by atoms with E-state index in [1.807, 2.05) is 40.8 Å². The Hall–Kier alpha value is -1.62. The third-order valence-corrected chi connectivity index (χ3v) is 3.58. The first-order chi connectivity index (χ1) is 8.78. The van der Waals surface area contributed by atoms with E-state index >= 15 is 0 Å². The minimum Gasteiger partial charge on any atom is -0.497 e. The number of aryl methyl sites for hydroxylation is 1. The molecular formula is C13H17N3OS. The van der Waals surface area contributed by atoms with Gasteiger partial charge in [-0.1, -0.05) is 6.07 Å². The smallest absolute Gasteiger partial charge is 0.145 e. The predicted molar refractivity (Wildman–Crippen MR) is 75.0 cm³/mol. The highest BCUT2D eigenvalue weighted by atomic mass is 32.2. The molecule has 0 bridgehead atoms. The van der Waals surface area contributed by atoms with Crippen molar-refractivity contribution in [1.29, 1.82) is 0 Å². The van der Waals surface area contributed by atoms with E-state index in [2.05, 4.69) is 17.2 Å². The number of hydrogen-bond donors (Lipinski definition) is 1. The number of benzene rings is 1. The van der Waals surface area contributed by atoms with Gasteiger partial charge >= 0.3 is 0 Å². The number of rotatable bonds is 6. The van der Waals surface area contributed by atoms with Gasteiger partial charge in [0.05, 0.1) is 7.11 Å². The maximum atomic E-state index is 5.55. The molecule has 4 nitrogen and oxygen atoms in total. The van der Waals surface area contributed by atoms with Crippen molar-refractivity contribution < 1.29 is 4.74 Å². The van der Waals surface area contributed by atoms with E-state index < -0.39 is 0 Å². The minimum atomic E-state index is 0.579. The van der Waals surface area contributed by atoms with Crippen molar-refractivity contribution >= 4 is 17.6 Å². The number of methoxy groups -OCH3 is 1. The lowest BCUT2D eigenvalue weighted by Gasteiger charge is -2.04. The standard InChI is InChI=1S/C13H17N3OS/c1-17-11-4-2-5-12(10-11)18-9-3-7-16-8-6-13(14)15-16/h2,4-6,8,10H,3,7,9H2,1H3,(H2,14,15). The summed E-state index contributed by atoms with van der Waals surface area (Å²) in [6.45, 7) is 0.897. The monoisotopic (exact) mass is 263 g/mol. The van der Waals surface area contributed by atoms with Gasteiger partial charge < -0.3 is 10.5 Å². The number of nitrogen functional groups attached to an aromatic ring is 1. The number of aromatic nitrogens is 2. The molecule has 0 atom stereocenters. The predicted octanol–water partition coefficient (Wildman–Crippen LogP) is 2.66. The van der Waals surface area contributed by atoms with Crippen LogP contribution in [-0.2, 0) is 6.54 Å². The second-order valence-corrected chi connectivity index (χ2v) is 5.05. The van der Waals surface area contributed by atoms with Crippen LogP contribution in [-0.4, -0.2) is 22.6 Å². The Morgan fingerprint density at radius 3 is 3.00 bits per heavy atom. The van der Waals surface area contributed by atoms with Crippen LogP contribution in [0.5, 0.6) is 5.75 Å². The molecule has 0 aliphatic heterocycles. The lowest BCUT2D eigenvalue weighted by Crippen LogP contribution is -2.00. The molecule has 2 aromatic rings. The van der Waals surface area contributed by atoms with Crippen molar-refractivity contribution in [2.75, 3.05) is 18.6 Å². The quantitative estimate of drug-likeness (QED) is 0.643.